The van der Waals surface area contributed by atoms with Crippen molar-refractivity contribution in [3.05, 3.63) is 36.4 Å². The second kappa shape index (κ2) is 6.60. The van der Waals surface area contributed by atoms with E-state index in [0.29, 0.717) is 18.3 Å². The fourth-order valence-electron chi connectivity index (χ4n) is 2.06. The monoisotopic (exact) mass is 310 g/mol. The van der Waals surface area contributed by atoms with Crippen LogP contribution < -0.4 is 10.1 Å². The summed E-state index contributed by atoms with van der Waals surface area (Å²) >= 11 is 0. The Morgan fingerprint density at radius 1 is 1.48 bits per heavy atom. The van der Waals surface area contributed by atoms with Crippen molar-refractivity contribution >= 4 is 10.0 Å². The Bertz CT molecular complexity index is 609. The lowest BCUT2D eigenvalue weighted by Gasteiger charge is -2.17. The summed E-state index contributed by atoms with van der Waals surface area (Å²) in [5.41, 5.74) is 0.859. The molecule has 0 aromatic heterocycles. The maximum atomic E-state index is 12.4. The van der Waals surface area contributed by atoms with Gasteiger partial charge in [0, 0.05) is 31.7 Å². The largest absolute Gasteiger partial charge is 0.496 e. The van der Waals surface area contributed by atoms with Gasteiger partial charge in [0.25, 0.3) is 0 Å². The quantitative estimate of drug-likeness (QED) is 0.743. The van der Waals surface area contributed by atoms with Crippen LogP contribution in [0.3, 0.4) is 0 Å². The molecular weight excluding hydrogens is 288 g/mol. The van der Waals surface area contributed by atoms with Gasteiger partial charge in [-0.05, 0) is 31.0 Å². The van der Waals surface area contributed by atoms with Gasteiger partial charge in [-0.2, -0.15) is 4.31 Å². The van der Waals surface area contributed by atoms with E-state index < -0.39 is 10.0 Å². The third kappa shape index (κ3) is 3.84. The zero-order valence-electron chi connectivity index (χ0n) is 12.5. The second-order valence-electron chi connectivity index (χ2n) is 5.20. The lowest BCUT2D eigenvalue weighted by molar-refractivity contribution is 0.407. The lowest BCUT2D eigenvalue weighted by atomic mass is 10.2. The number of methoxy groups -OCH3 is 1. The molecule has 0 spiro atoms. The highest BCUT2D eigenvalue weighted by Gasteiger charge is 2.23. The Morgan fingerprint density at radius 2 is 2.19 bits per heavy atom. The highest BCUT2D eigenvalue weighted by Crippen LogP contribution is 2.26. The Morgan fingerprint density at radius 3 is 2.76 bits per heavy atom. The molecule has 0 radical (unpaired) electrons. The molecule has 1 aromatic rings. The van der Waals surface area contributed by atoms with Crippen molar-refractivity contribution in [2.45, 2.75) is 30.3 Å². The van der Waals surface area contributed by atoms with Crippen molar-refractivity contribution in [1.29, 1.82) is 0 Å². The summed E-state index contributed by atoms with van der Waals surface area (Å²) in [6.07, 6.45) is 3.93. The molecule has 21 heavy (non-hydrogen) atoms. The first-order chi connectivity index (χ1) is 9.98. The minimum atomic E-state index is -3.49. The zero-order valence-corrected chi connectivity index (χ0v) is 13.3. The fourth-order valence-corrected chi connectivity index (χ4v) is 3.25. The van der Waals surface area contributed by atoms with Gasteiger partial charge in [-0.1, -0.05) is 6.08 Å². The molecule has 5 nitrogen and oxygen atoms in total. The number of nitrogens with zero attached hydrogens (tertiary/aromatic N) is 1. The second-order valence-corrected chi connectivity index (χ2v) is 7.25. The Balaban J connectivity index is 2.26. The van der Waals surface area contributed by atoms with E-state index in [0.717, 1.165) is 5.56 Å². The number of rotatable bonds is 8. The molecule has 0 aliphatic heterocycles. The molecule has 0 bridgehead atoms. The molecule has 1 saturated carbocycles. The van der Waals surface area contributed by atoms with Crippen LogP contribution in [-0.2, 0) is 16.6 Å². The van der Waals surface area contributed by atoms with E-state index >= 15 is 0 Å². The van der Waals surface area contributed by atoms with Gasteiger partial charge < -0.3 is 10.1 Å². The van der Waals surface area contributed by atoms with Gasteiger partial charge in [0.05, 0.1) is 12.0 Å². The van der Waals surface area contributed by atoms with E-state index in [4.69, 9.17) is 4.74 Å². The van der Waals surface area contributed by atoms with Gasteiger partial charge in [0.2, 0.25) is 10.0 Å². The summed E-state index contributed by atoms with van der Waals surface area (Å²) in [5, 5.41) is 3.38. The Hall–Kier alpha value is -1.37. The number of sulfonamides is 1. The highest BCUT2D eigenvalue weighted by molar-refractivity contribution is 7.89. The minimum absolute atomic E-state index is 0.278. The van der Waals surface area contributed by atoms with Gasteiger partial charge in [0.1, 0.15) is 5.75 Å². The van der Waals surface area contributed by atoms with Gasteiger partial charge >= 0.3 is 0 Å². The van der Waals surface area contributed by atoms with E-state index in [2.05, 4.69) is 11.9 Å². The summed E-state index contributed by atoms with van der Waals surface area (Å²) in [6.45, 7) is 4.47. The van der Waals surface area contributed by atoms with E-state index in [1.165, 1.54) is 17.1 Å². The summed E-state index contributed by atoms with van der Waals surface area (Å²) in [7, 11) is -0.357. The van der Waals surface area contributed by atoms with Crippen molar-refractivity contribution in [3.63, 3.8) is 0 Å². The number of ether oxygens (including phenoxy) is 1. The molecule has 1 aromatic carbocycles. The number of hydrogen-bond acceptors (Lipinski definition) is 4. The predicted molar refractivity (Wildman–Crippen MR) is 82.9 cm³/mol. The van der Waals surface area contributed by atoms with Gasteiger partial charge in [-0.25, -0.2) is 8.42 Å². The summed E-state index contributed by atoms with van der Waals surface area (Å²) < 4.78 is 31.5. The summed E-state index contributed by atoms with van der Waals surface area (Å²) in [5.74, 6) is 0.702. The first-order valence-corrected chi connectivity index (χ1v) is 8.40. The third-order valence-corrected chi connectivity index (χ3v) is 5.32. The number of likely N-dealkylation sites (N-methyl/N-ethyl adjacent to an activating group) is 1. The van der Waals surface area contributed by atoms with Crippen LogP contribution in [-0.4, -0.2) is 39.5 Å². The molecule has 0 heterocycles. The smallest absolute Gasteiger partial charge is 0.243 e. The van der Waals surface area contributed by atoms with Crippen molar-refractivity contribution in [2.24, 2.45) is 0 Å². The number of nitrogens with one attached hydrogen (secondary N) is 1. The van der Waals surface area contributed by atoms with Gasteiger partial charge in [-0.15, -0.1) is 6.58 Å². The van der Waals surface area contributed by atoms with Crippen LogP contribution in [0.25, 0.3) is 0 Å². The molecular formula is C15H22N2O3S. The maximum Gasteiger partial charge on any atom is 0.243 e. The van der Waals surface area contributed by atoms with Gasteiger partial charge in [0.15, 0.2) is 0 Å². The molecule has 1 aliphatic carbocycles. The van der Waals surface area contributed by atoms with E-state index in [1.54, 1.807) is 38.4 Å². The Labute approximate surface area is 126 Å². The normalized spacial score (nSPS) is 15.2. The summed E-state index contributed by atoms with van der Waals surface area (Å²) in [6, 6.07) is 5.52. The van der Waals surface area contributed by atoms with Crippen LogP contribution in [0.5, 0.6) is 5.75 Å². The maximum absolute atomic E-state index is 12.4. The number of benzene rings is 1. The molecule has 1 fully saturated rings. The minimum Gasteiger partial charge on any atom is -0.496 e. The molecule has 6 heteroatoms. The lowest BCUT2D eigenvalue weighted by Crippen LogP contribution is -2.27. The zero-order chi connectivity index (χ0) is 15.5. The first kappa shape index (κ1) is 16.0. The van der Waals surface area contributed by atoms with Gasteiger partial charge in [-0.3, -0.25) is 0 Å². The van der Waals surface area contributed by atoms with Crippen LogP contribution in [0.15, 0.2) is 35.7 Å². The van der Waals surface area contributed by atoms with Crippen molar-refractivity contribution in [1.82, 2.24) is 9.62 Å². The van der Waals surface area contributed by atoms with Crippen molar-refractivity contribution < 1.29 is 13.2 Å². The molecule has 1 N–H and O–H groups in total. The molecule has 2 rings (SSSR count). The predicted octanol–water partition coefficient (Wildman–Crippen LogP) is 1.75. The molecule has 0 atom stereocenters. The molecule has 116 valence electrons. The standard InChI is InChI=1S/C15H22N2O3S/c1-4-9-17(2)21(18,19)14-7-8-15(20-3)12(10-14)11-16-13-5-6-13/h4,7-8,10,13,16H,1,5-6,9,11H2,2-3H3. The Kier molecular flexibility index (Phi) is 5.03. The third-order valence-electron chi connectivity index (χ3n) is 3.50. The van der Waals surface area contributed by atoms with Crippen LogP contribution >= 0.6 is 0 Å². The van der Waals surface area contributed by atoms with Crippen LogP contribution in [0.4, 0.5) is 0 Å². The van der Waals surface area contributed by atoms with Crippen molar-refractivity contribution in [3.8, 4) is 5.75 Å². The van der Waals surface area contributed by atoms with E-state index in [1.807, 2.05) is 0 Å². The van der Waals surface area contributed by atoms with Crippen LogP contribution in [0.1, 0.15) is 18.4 Å². The van der Waals surface area contributed by atoms with Crippen molar-refractivity contribution in [2.75, 3.05) is 20.7 Å². The SMILES string of the molecule is C=CCN(C)S(=O)(=O)c1ccc(OC)c(CNC2CC2)c1. The van der Waals surface area contributed by atoms with E-state index in [9.17, 15) is 8.42 Å². The fraction of sp³-hybridized carbons (Fsp3) is 0.467. The average molecular weight is 310 g/mol. The average Bonchev–Trinajstić information content (AvgIpc) is 3.29. The molecule has 0 unspecified atom stereocenters. The topological polar surface area (TPSA) is 58.6 Å². The number of hydrogen-bond donors (Lipinski definition) is 1. The van der Waals surface area contributed by atoms with Crippen LogP contribution in [0.2, 0.25) is 0 Å². The molecule has 0 saturated heterocycles. The molecule has 0 amide bonds. The highest BCUT2D eigenvalue weighted by atomic mass is 32.2. The first-order valence-electron chi connectivity index (χ1n) is 6.96. The molecule has 1 aliphatic rings. The summed E-state index contributed by atoms with van der Waals surface area (Å²) in [4.78, 5) is 0.278. The van der Waals surface area contributed by atoms with E-state index in [-0.39, 0.29) is 11.4 Å². The van der Waals surface area contributed by atoms with Crippen LogP contribution in [0, 0.1) is 0 Å².